The van der Waals surface area contributed by atoms with Crippen LogP contribution in [0.1, 0.15) is 71.1 Å². The van der Waals surface area contributed by atoms with Gasteiger partial charge in [0.15, 0.2) is 0 Å². The van der Waals surface area contributed by atoms with Crippen molar-refractivity contribution < 1.29 is 9.18 Å². The molecule has 4 fully saturated rings. The van der Waals surface area contributed by atoms with Crippen LogP contribution < -0.4 is 21.3 Å². The van der Waals surface area contributed by atoms with Crippen molar-refractivity contribution >= 4 is 5.91 Å². The molecular weight excluding hydrogens is 355 g/mol. The van der Waals surface area contributed by atoms with E-state index in [4.69, 9.17) is 0 Å². The van der Waals surface area contributed by atoms with Crippen molar-refractivity contribution in [2.75, 3.05) is 7.05 Å². The minimum atomic E-state index is -0.747. The van der Waals surface area contributed by atoms with Gasteiger partial charge in [0.2, 0.25) is 5.91 Å². The monoisotopic (exact) mass is 394 g/mol. The number of hydrogen-bond donors (Lipinski definition) is 4. The number of fused-ring (bicyclic) bond motifs is 1. The predicted molar refractivity (Wildman–Crippen MR) is 110 cm³/mol. The third kappa shape index (κ3) is 4.39. The number of alkyl halides is 1. The third-order valence-electron chi connectivity index (χ3n) is 8.06. The Kier molecular flexibility index (Phi) is 6.58. The molecule has 5 nitrogen and oxygen atoms in total. The van der Waals surface area contributed by atoms with Crippen molar-refractivity contribution in [3.63, 3.8) is 0 Å². The smallest absolute Gasteiger partial charge is 0.237 e. The Morgan fingerprint density at radius 2 is 1.82 bits per heavy atom. The summed E-state index contributed by atoms with van der Waals surface area (Å²) in [6, 6.07) is 0.789. The highest BCUT2D eigenvalue weighted by molar-refractivity contribution is 5.82. The molecule has 2 saturated carbocycles. The highest BCUT2D eigenvalue weighted by atomic mass is 19.1. The molecule has 4 N–H and O–H groups in total. The fraction of sp³-hybridized carbons (Fsp3) is 0.955. The van der Waals surface area contributed by atoms with Gasteiger partial charge in [0.1, 0.15) is 6.17 Å². The largest absolute Gasteiger partial charge is 0.352 e. The predicted octanol–water partition coefficient (Wildman–Crippen LogP) is 2.46. The van der Waals surface area contributed by atoms with E-state index in [2.05, 4.69) is 28.2 Å². The molecule has 9 unspecified atom stereocenters. The van der Waals surface area contributed by atoms with E-state index in [9.17, 15) is 9.18 Å². The van der Waals surface area contributed by atoms with Crippen LogP contribution in [-0.2, 0) is 4.79 Å². The number of halogens is 1. The van der Waals surface area contributed by atoms with Crippen LogP contribution in [0.25, 0.3) is 0 Å². The number of carbonyl (C=O) groups excluding carboxylic acids is 1. The summed E-state index contributed by atoms with van der Waals surface area (Å²) >= 11 is 0. The topological polar surface area (TPSA) is 65.2 Å². The van der Waals surface area contributed by atoms with Crippen molar-refractivity contribution in [3.8, 4) is 0 Å². The lowest BCUT2D eigenvalue weighted by Gasteiger charge is -2.40. The van der Waals surface area contributed by atoms with Crippen LogP contribution in [0.4, 0.5) is 4.39 Å². The Hall–Kier alpha value is -0.720. The van der Waals surface area contributed by atoms with Crippen molar-refractivity contribution in [3.05, 3.63) is 0 Å². The average molecular weight is 395 g/mol. The normalized spacial score (nSPS) is 46.8. The van der Waals surface area contributed by atoms with Crippen molar-refractivity contribution in [2.45, 2.75) is 108 Å². The van der Waals surface area contributed by atoms with E-state index in [1.54, 1.807) is 0 Å². The number of hydrogen-bond acceptors (Lipinski definition) is 4. The van der Waals surface area contributed by atoms with Gasteiger partial charge >= 0.3 is 0 Å². The Labute approximate surface area is 169 Å². The van der Waals surface area contributed by atoms with Gasteiger partial charge in [-0.25, -0.2) is 4.39 Å². The SMILES string of the molecule is CNC1CCCC(C2CCCC(NC(=O)C3CC4C(F)CCC(C)C4N3)C2)N1. The van der Waals surface area contributed by atoms with Gasteiger partial charge in [-0.1, -0.05) is 13.3 Å². The van der Waals surface area contributed by atoms with Gasteiger partial charge in [-0.05, 0) is 76.7 Å². The molecule has 2 aliphatic heterocycles. The van der Waals surface area contributed by atoms with Crippen molar-refractivity contribution in [1.82, 2.24) is 21.3 Å². The molecule has 160 valence electrons. The lowest BCUT2D eigenvalue weighted by atomic mass is 9.77. The van der Waals surface area contributed by atoms with Crippen molar-refractivity contribution in [1.29, 1.82) is 0 Å². The first-order valence-electron chi connectivity index (χ1n) is 11.7. The minimum Gasteiger partial charge on any atom is -0.352 e. The van der Waals surface area contributed by atoms with Gasteiger partial charge in [-0.15, -0.1) is 0 Å². The number of nitrogens with one attached hydrogen (secondary N) is 4. The van der Waals surface area contributed by atoms with Crippen LogP contribution in [0.2, 0.25) is 0 Å². The summed E-state index contributed by atoms with van der Waals surface area (Å²) in [4.78, 5) is 12.9. The fourth-order valence-electron chi connectivity index (χ4n) is 6.39. The number of piperidine rings is 1. The number of carbonyl (C=O) groups is 1. The summed E-state index contributed by atoms with van der Waals surface area (Å²) in [5.41, 5.74) is 0. The maximum atomic E-state index is 14.3. The van der Waals surface area contributed by atoms with Crippen molar-refractivity contribution in [2.24, 2.45) is 17.8 Å². The Balaban J connectivity index is 1.30. The maximum absolute atomic E-state index is 14.3. The summed E-state index contributed by atoms with van der Waals surface area (Å²) in [5, 5.41) is 13.9. The van der Waals surface area contributed by atoms with E-state index in [1.807, 2.05) is 7.05 Å². The molecule has 9 atom stereocenters. The quantitative estimate of drug-likeness (QED) is 0.591. The standard InChI is InChI=1S/C22H39FN4O/c1-13-9-10-17(23)16-12-19(27-21(13)16)22(28)25-15-6-3-5-14(11-15)18-7-4-8-20(24-2)26-18/h13-21,24,26-27H,3-12H2,1-2H3,(H,25,28). The maximum Gasteiger partial charge on any atom is 0.237 e. The van der Waals surface area contributed by atoms with E-state index in [0.717, 1.165) is 19.3 Å². The molecule has 2 aliphatic carbocycles. The van der Waals surface area contributed by atoms with Crippen LogP contribution >= 0.6 is 0 Å². The molecule has 0 aromatic heterocycles. The highest BCUT2D eigenvalue weighted by Gasteiger charge is 2.46. The lowest BCUT2D eigenvalue weighted by Crippen LogP contribution is -2.54. The molecule has 2 saturated heterocycles. The molecule has 28 heavy (non-hydrogen) atoms. The minimum absolute atomic E-state index is 0.0171. The molecule has 4 aliphatic rings. The average Bonchev–Trinajstić information content (AvgIpc) is 3.18. The van der Waals surface area contributed by atoms with Gasteiger partial charge in [-0.3, -0.25) is 10.1 Å². The zero-order valence-corrected chi connectivity index (χ0v) is 17.6. The molecule has 4 rings (SSSR count). The molecular formula is C22H39FN4O. The third-order valence-corrected chi connectivity index (χ3v) is 8.06. The van der Waals surface area contributed by atoms with Gasteiger partial charge in [0, 0.05) is 24.0 Å². The highest BCUT2D eigenvalue weighted by Crippen LogP contribution is 2.39. The van der Waals surface area contributed by atoms with E-state index >= 15 is 0 Å². The molecule has 0 aromatic carbocycles. The molecule has 0 radical (unpaired) electrons. The molecule has 6 heteroatoms. The summed E-state index contributed by atoms with van der Waals surface area (Å²) in [5.74, 6) is 1.23. The van der Waals surface area contributed by atoms with Gasteiger partial charge in [0.25, 0.3) is 0 Å². The summed E-state index contributed by atoms with van der Waals surface area (Å²) in [6.45, 7) is 2.19. The molecule has 0 aromatic rings. The second-order valence-electron chi connectivity index (χ2n) is 9.89. The first kappa shape index (κ1) is 20.5. The van der Waals surface area contributed by atoms with Crippen LogP contribution in [0.3, 0.4) is 0 Å². The Bertz CT molecular complexity index is 529. The van der Waals surface area contributed by atoms with E-state index in [1.165, 1.54) is 32.1 Å². The second kappa shape index (κ2) is 8.97. The fourth-order valence-corrected chi connectivity index (χ4v) is 6.39. The van der Waals surface area contributed by atoms with Crippen LogP contribution in [0, 0.1) is 17.8 Å². The summed E-state index contributed by atoms with van der Waals surface area (Å²) in [7, 11) is 2.03. The molecule has 1 amide bonds. The lowest BCUT2D eigenvalue weighted by molar-refractivity contribution is -0.124. The molecule has 0 bridgehead atoms. The molecule has 2 heterocycles. The zero-order chi connectivity index (χ0) is 19.7. The van der Waals surface area contributed by atoms with E-state index in [0.29, 0.717) is 36.9 Å². The summed E-state index contributed by atoms with van der Waals surface area (Å²) in [6.07, 6.45) is 10.2. The second-order valence-corrected chi connectivity index (χ2v) is 9.89. The first-order chi connectivity index (χ1) is 13.5. The van der Waals surface area contributed by atoms with Gasteiger partial charge in [0.05, 0.1) is 12.2 Å². The number of amides is 1. The Morgan fingerprint density at radius 1 is 1.00 bits per heavy atom. The van der Waals surface area contributed by atoms with E-state index < -0.39 is 6.17 Å². The zero-order valence-electron chi connectivity index (χ0n) is 17.6. The van der Waals surface area contributed by atoms with Crippen LogP contribution in [0.15, 0.2) is 0 Å². The van der Waals surface area contributed by atoms with Crippen LogP contribution in [-0.4, -0.2) is 49.5 Å². The van der Waals surface area contributed by atoms with E-state index in [-0.39, 0.29) is 30.0 Å². The Morgan fingerprint density at radius 3 is 2.61 bits per heavy atom. The number of rotatable bonds is 4. The summed E-state index contributed by atoms with van der Waals surface area (Å²) < 4.78 is 14.3. The van der Waals surface area contributed by atoms with Crippen LogP contribution in [0.5, 0.6) is 0 Å². The first-order valence-corrected chi connectivity index (χ1v) is 11.7. The van der Waals surface area contributed by atoms with Gasteiger partial charge in [-0.2, -0.15) is 0 Å². The van der Waals surface area contributed by atoms with Gasteiger partial charge < -0.3 is 16.0 Å². The molecule has 0 spiro atoms.